The molecule has 14 heterocycles. The molecule has 0 radical (unpaired) electrons. The third-order valence-corrected chi connectivity index (χ3v) is 24.6. The highest BCUT2D eigenvalue weighted by atomic mass is 35.5. The molecule has 138 heavy (non-hydrogen) atoms. The zero-order valence-electron chi connectivity index (χ0n) is 74.2. The average molecular weight is 1940 g/mol. The molecule has 694 valence electrons. The fourth-order valence-corrected chi connectivity index (χ4v) is 17.2. The summed E-state index contributed by atoms with van der Waals surface area (Å²) in [5.74, 6) is 5.63. The molecule has 17 aromatic rings. The van der Waals surface area contributed by atoms with Crippen LogP contribution in [0.25, 0.3) is 122 Å². The number of amides is 7. The van der Waals surface area contributed by atoms with Gasteiger partial charge >= 0.3 is 0 Å². The second-order valence-electron chi connectivity index (χ2n) is 32.2. The summed E-state index contributed by atoms with van der Waals surface area (Å²) in [6.07, 6.45) is 36.8. The van der Waals surface area contributed by atoms with Crippen molar-refractivity contribution in [2.75, 3.05) is 46.3 Å². The molecule has 7 amide bonds. The molecule has 27 nitrogen and oxygen atoms in total. The van der Waals surface area contributed by atoms with Crippen LogP contribution in [0, 0.1) is 30.1 Å². The number of ketones is 1. The number of Topliss-reactive ketones (excluding diaryl/α,β-unsaturated/α-hetero) is 1. The van der Waals surface area contributed by atoms with Gasteiger partial charge in [-0.05, 0) is 199 Å². The number of nitrogens with one attached hydrogen (secondary N) is 11. The largest absolute Gasteiger partial charge is 0.346 e. The maximum absolute atomic E-state index is 12.7. The number of anilines is 5. The summed E-state index contributed by atoms with van der Waals surface area (Å²) in [6.45, 7) is 9.07. The van der Waals surface area contributed by atoms with Crippen molar-refractivity contribution in [2.45, 2.75) is 83.2 Å². The predicted molar refractivity (Wildman–Crippen MR) is 545 cm³/mol. The van der Waals surface area contributed by atoms with Crippen LogP contribution in [0.15, 0.2) is 263 Å². The van der Waals surface area contributed by atoms with E-state index in [2.05, 4.69) is 111 Å². The first kappa shape index (κ1) is 96.7. The summed E-state index contributed by atoms with van der Waals surface area (Å²) >= 11 is 30.7. The van der Waals surface area contributed by atoms with Crippen LogP contribution in [0.5, 0.6) is 0 Å². The quantitative estimate of drug-likeness (QED) is 0.0281. The van der Waals surface area contributed by atoms with Crippen molar-refractivity contribution >= 4 is 200 Å². The summed E-state index contributed by atoms with van der Waals surface area (Å²) in [6, 6.07) is 50.3. The van der Waals surface area contributed by atoms with Crippen molar-refractivity contribution in [1.82, 2.24) is 69.6 Å². The number of fused-ring (bicyclic) bond motifs is 6. The third-order valence-electron chi connectivity index (χ3n) is 23.0. The van der Waals surface area contributed by atoms with E-state index in [0.29, 0.717) is 85.9 Å². The van der Waals surface area contributed by atoms with Crippen molar-refractivity contribution < 1.29 is 42.7 Å². The molecule has 2 atom stereocenters. The fraction of sp³-hybridized carbons (Fsp3) is 0.162. The number of halogens is 6. The number of H-pyrrole nitrogens is 6. The molecule has 2 saturated heterocycles. The number of hydrogen-bond donors (Lipinski definition) is 11. The summed E-state index contributed by atoms with van der Waals surface area (Å²) < 4.78 is 12.2. The van der Waals surface area contributed by atoms with Gasteiger partial charge in [0.25, 0.3) is 17.7 Å². The Bertz CT molecular complexity index is 7580. The number of likely N-dealkylation sites (tertiary alicyclic amines) is 2. The summed E-state index contributed by atoms with van der Waals surface area (Å²) in [4.78, 5) is 142. The Morgan fingerprint density at radius 1 is 0.420 bits per heavy atom. The lowest BCUT2D eigenvalue weighted by Crippen LogP contribution is -2.42. The van der Waals surface area contributed by atoms with Gasteiger partial charge in [0.15, 0.2) is 12.5 Å². The zero-order chi connectivity index (χ0) is 96.9. The first-order valence-electron chi connectivity index (χ1n) is 44.0. The Morgan fingerprint density at radius 3 is 1.15 bits per heavy atom. The number of nitrogens with zero attached hydrogens (tertiary/aromatic N) is 8. The summed E-state index contributed by atoms with van der Waals surface area (Å²) in [7, 11) is 0. The van der Waals surface area contributed by atoms with Gasteiger partial charge in [0.2, 0.25) is 23.6 Å². The molecule has 2 unspecified atom stereocenters. The Kier molecular flexibility index (Phi) is 31.9. The van der Waals surface area contributed by atoms with Crippen molar-refractivity contribution in [3.05, 3.63) is 294 Å². The number of terminal acetylenes is 1. The minimum Gasteiger partial charge on any atom is -0.346 e. The number of aromatic nitrogens is 12. The van der Waals surface area contributed by atoms with E-state index in [4.69, 9.17) is 64.4 Å². The second kappa shape index (κ2) is 45.5. The molecule has 20 rings (SSSR count). The standard InChI is InChI=1S/C21H19ClN4O2.C19H18ClN3O.C18H14ClN3O.C16H10ClN3O.C16H17N3O2.C15H11ClFN3O/c1-2-19(27)26-8-4-7-18(26)21(28)25-15-6-3-5-13(9-15)14-10-16-17(22)12-24-20(16)23-11-14;20-17-11-22-18-16(17)9-14(10-21-18)13-6-3-7-15(8-13)23-19(24)12-4-1-2-5-12;1-2-3-7-17(23)22-14-6-4-5-12(8-14)13-9-15-16(19)11-21-18(15)20-10-13;1-2-15(21)20-12-5-3-4-10(6-12)11-7-13-14(17)9-19-16(13)18-8-11;1-2-15(21)19-7-3-4-13(19)14(20)9-11-8-12-5-6-17-16(12)18-10-11;16-13-8-19-15-12(13)5-10(7-18-15)9-2-1-3-11(4-9)20-14(21)6-17/h2-3,5-6,9-12,18H,1,4,7-8H2,(H,23,24)(H,25,28);3,6-12H,1-2,4-5H2,(H,21,22)(H,23,24);4-6,8-11H,2H2,1H3,(H,20,21)(H,22,23);1,3-9H,(H,18,19)(H,20,21);2,5-6,8,10,13H,1,3-4,7,9H2,(H,17,18);1-5,7-8H,6H2,(H,18,19)(H,20,21). The second-order valence-corrected chi connectivity index (χ2v) is 34.3. The van der Waals surface area contributed by atoms with E-state index in [-0.39, 0.29) is 47.3 Å². The van der Waals surface area contributed by atoms with E-state index in [1.54, 1.807) is 96.0 Å². The van der Waals surface area contributed by atoms with Gasteiger partial charge in [0, 0.05) is 195 Å². The third kappa shape index (κ3) is 24.1. The Morgan fingerprint density at radius 2 is 0.775 bits per heavy atom. The van der Waals surface area contributed by atoms with Crippen molar-refractivity contribution in [1.29, 1.82) is 0 Å². The molecule has 12 aromatic heterocycles. The van der Waals surface area contributed by atoms with E-state index >= 15 is 0 Å². The molecule has 33 heteroatoms. The highest BCUT2D eigenvalue weighted by Gasteiger charge is 2.35. The van der Waals surface area contributed by atoms with Crippen molar-refractivity contribution in [3.63, 3.8) is 0 Å². The number of alkyl halides is 1. The van der Waals surface area contributed by atoms with Crippen LogP contribution < -0.4 is 26.6 Å². The van der Waals surface area contributed by atoms with Gasteiger partial charge in [-0.25, -0.2) is 34.3 Å². The minimum absolute atomic E-state index is 0.0689. The van der Waals surface area contributed by atoms with E-state index in [1.807, 2.05) is 165 Å². The highest BCUT2D eigenvalue weighted by Crippen LogP contribution is 2.37. The fourth-order valence-electron chi connectivity index (χ4n) is 16.2. The number of hydrogen-bond acceptors (Lipinski definition) is 14. The maximum Gasteiger partial charge on any atom is 0.300 e. The smallest absolute Gasteiger partial charge is 0.300 e. The van der Waals surface area contributed by atoms with Gasteiger partial charge in [-0.3, -0.25) is 38.4 Å². The van der Waals surface area contributed by atoms with Gasteiger partial charge < -0.3 is 66.3 Å². The van der Waals surface area contributed by atoms with Gasteiger partial charge in [-0.2, -0.15) is 0 Å². The highest BCUT2D eigenvalue weighted by molar-refractivity contribution is 6.37. The SMILES string of the molecule is C#CC(=O)Nc1cccc(-c2cnc3[nH]cc(Cl)c3c2)c1.C=CC(=O)N1CCCC1C(=O)Cc1cnc2[nH]ccc2c1.C=CC(=O)N1CCCC1C(=O)Nc1cccc(-c2cnc3[nH]cc(Cl)c3c2)c1.CCC#CC(=O)Nc1cccc(-c2cnc3[nH]cc(Cl)c3c2)c1.O=C(CF)Nc1cccc(-c2cnc3[nH]cc(Cl)c3c2)c1.O=C(Nc1cccc(-c2cnc3[nH]cc(Cl)c3c2)c1)C1CCCC1. The van der Waals surface area contributed by atoms with Gasteiger partial charge in [-0.1, -0.05) is 158 Å². The lowest BCUT2D eigenvalue weighted by atomic mass is 10.0. The topological polar surface area (TPSA) is 375 Å². The first-order chi connectivity index (χ1) is 67.0. The lowest BCUT2D eigenvalue weighted by molar-refractivity contribution is -0.133. The molecular formula is C105H89Cl5FN19O8. The van der Waals surface area contributed by atoms with Crippen LogP contribution >= 0.6 is 58.0 Å². The zero-order valence-corrected chi connectivity index (χ0v) is 78.0. The monoisotopic (exact) mass is 1940 g/mol. The molecular weight excluding hydrogens is 1850 g/mol. The van der Waals surface area contributed by atoms with E-state index in [9.17, 15) is 42.7 Å². The van der Waals surface area contributed by atoms with Crippen LogP contribution in [0.1, 0.15) is 70.3 Å². The lowest BCUT2D eigenvalue weighted by Gasteiger charge is -2.22. The Balaban J connectivity index is 0.000000126. The molecule has 2 aliphatic heterocycles. The normalized spacial score (nSPS) is 13.6. The van der Waals surface area contributed by atoms with Crippen LogP contribution in [0.3, 0.4) is 0 Å². The first-order valence-corrected chi connectivity index (χ1v) is 45.9. The van der Waals surface area contributed by atoms with Gasteiger partial charge in [0.05, 0.1) is 31.2 Å². The number of benzene rings is 5. The number of rotatable bonds is 18. The molecule has 3 fully saturated rings. The number of pyridine rings is 6. The number of carbonyl (C=O) groups excluding carboxylic acids is 8. The molecule has 5 aromatic carbocycles. The minimum atomic E-state index is -1.04. The van der Waals surface area contributed by atoms with Crippen LogP contribution in [-0.2, 0) is 44.8 Å². The molecule has 1 aliphatic carbocycles. The molecule has 11 N–H and O–H groups in total. The molecule has 3 aliphatic rings. The maximum atomic E-state index is 12.7. The number of aromatic amines is 6. The van der Waals surface area contributed by atoms with Gasteiger partial charge in [-0.15, -0.1) is 6.42 Å². The van der Waals surface area contributed by atoms with Crippen molar-refractivity contribution in [2.24, 2.45) is 5.92 Å². The summed E-state index contributed by atoms with van der Waals surface area (Å²) in [5.41, 5.74) is 17.9. The molecule has 1 saturated carbocycles. The summed E-state index contributed by atoms with van der Waals surface area (Å²) in [5, 5.41) is 22.2. The van der Waals surface area contributed by atoms with E-state index in [1.165, 1.54) is 12.2 Å². The number of carbonyl (C=O) groups is 8. The van der Waals surface area contributed by atoms with Crippen LogP contribution in [0.2, 0.25) is 25.1 Å². The Labute approximate surface area is 816 Å². The van der Waals surface area contributed by atoms with E-state index < -0.39 is 24.5 Å². The van der Waals surface area contributed by atoms with Crippen molar-refractivity contribution in [3.8, 4) is 79.8 Å². The molecule has 0 spiro atoms. The van der Waals surface area contributed by atoms with Gasteiger partial charge in [0.1, 0.15) is 39.9 Å². The molecule has 0 bridgehead atoms. The predicted octanol–water partition coefficient (Wildman–Crippen LogP) is 22.3. The Hall–Kier alpha value is -15.8. The van der Waals surface area contributed by atoms with Crippen LogP contribution in [-0.4, -0.2) is 149 Å². The average Bonchev–Trinajstić information content (AvgIpc) is 1.65. The van der Waals surface area contributed by atoms with Crippen LogP contribution in [0.4, 0.5) is 32.8 Å². The van der Waals surface area contributed by atoms with E-state index in [0.717, 1.165) is 172 Å².